The van der Waals surface area contributed by atoms with Gasteiger partial charge in [-0.1, -0.05) is 30.3 Å². The Hall–Kier alpha value is -1.39. The van der Waals surface area contributed by atoms with Crippen molar-refractivity contribution in [2.45, 2.75) is 18.4 Å². The summed E-state index contributed by atoms with van der Waals surface area (Å²) in [6.07, 6.45) is 0.865. The molecule has 0 saturated carbocycles. The third kappa shape index (κ3) is 2.16. The highest BCUT2D eigenvalue weighted by molar-refractivity contribution is 5.85. The molecular weight excluding hydrogens is 190 g/mol. The summed E-state index contributed by atoms with van der Waals surface area (Å²) in [5.74, 6) is 0.0242. The van der Waals surface area contributed by atoms with E-state index in [1.54, 1.807) is 0 Å². The van der Waals surface area contributed by atoms with Crippen molar-refractivity contribution in [1.29, 1.82) is 5.41 Å². The second-order valence-corrected chi connectivity index (χ2v) is 3.68. The van der Waals surface area contributed by atoms with Gasteiger partial charge in [-0.3, -0.25) is 10.2 Å². The van der Waals surface area contributed by atoms with Crippen molar-refractivity contribution in [2.75, 3.05) is 6.54 Å². The quantitative estimate of drug-likeness (QED) is 0.509. The van der Waals surface area contributed by atoms with Gasteiger partial charge in [0.1, 0.15) is 5.84 Å². The number of rotatable bonds is 3. The van der Waals surface area contributed by atoms with Gasteiger partial charge in [0, 0.05) is 6.54 Å². The fourth-order valence-electron chi connectivity index (χ4n) is 1.92. The molecule has 1 aliphatic heterocycles. The van der Waals surface area contributed by atoms with E-state index in [-0.39, 0.29) is 17.9 Å². The van der Waals surface area contributed by atoms with Gasteiger partial charge >= 0.3 is 0 Å². The van der Waals surface area contributed by atoms with Gasteiger partial charge < -0.3 is 5.73 Å². The van der Waals surface area contributed by atoms with Gasteiger partial charge in [0.2, 0.25) is 0 Å². The lowest BCUT2D eigenvalue weighted by Crippen LogP contribution is -2.31. The Bertz CT molecular complexity index is 333. The molecule has 4 N–H and O–H groups in total. The summed E-state index contributed by atoms with van der Waals surface area (Å²) >= 11 is 0. The van der Waals surface area contributed by atoms with Gasteiger partial charge in [-0.25, -0.2) is 5.48 Å². The average molecular weight is 205 g/mol. The molecule has 2 atom stereocenters. The van der Waals surface area contributed by atoms with Crippen molar-refractivity contribution < 1.29 is 4.84 Å². The minimum Gasteiger partial charge on any atom is -0.387 e. The van der Waals surface area contributed by atoms with Gasteiger partial charge in [-0.05, 0) is 12.0 Å². The van der Waals surface area contributed by atoms with Crippen LogP contribution in [0.25, 0.3) is 0 Å². The Morgan fingerprint density at radius 3 is 2.73 bits per heavy atom. The lowest BCUT2D eigenvalue weighted by atomic mass is 9.91. The first kappa shape index (κ1) is 10.1. The Labute approximate surface area is 88.9 Å². The Kier molecular flexibility index (Phi) is 2.99. The van der Waals surface area contributed by atoms with Gasteiger partial charge in [-0.2, -0.15) is 0 Å². The minimum atomic E-state index is -0.138. The zero-order valence-electron chi connectivity index (χ0n) is 8.44. The van der Waals surface area contributed by atoms with Gasteiger partial charge in [0.25, 0.3) is 0 Å². The number of hydrogen-bond acceptors (Lipinski definition) is 3. The number of nitrogens with one attached hydrogen (secondary N) is 2. The average Bonchev–Trinajstić information content (AvgIpc) is 2.72. The SMILES string of the molecule is N=C(N)C(c1ccccc1)C1CCNO1. The van der Waals surface area contributed by atoms with Crippen LogP contribution >= 0.6 is 0 Å². The summed E-state index contributed by atoms with van der Waals surface area (Å²) < 4.78 is 0. The summed E-state index contributed by atoms with van der Waals surface area (Å²) in [5, 5.41) is 7.62. The van der Waals surface area contributed by atoms with Crippen LogP contribution in [0, 0.1) is 5.41 Å². The van der Waals surface area contributed by atoms with Gasteiger partial charge in [0.05, 0.1) is 12.0 Å². The first-order chi connectivity index (χ1) is 7.29. The lowest BCUT2D eigenvalue weighted by molar-refractivity contribution is 0.0294. The molecule has 2 rings (SSSR count). The molecule has 1 aromatic rings. The van der Waals surface area contributed by atoms with Crippen LogP contribution in [-0.2, 0) is 4.84 Å². The van der Waals surface area contributed by atoms with Crippen LogP contribution in [0.5, 0.6) is 0 Å². The molecular formula is C11H15N3O. The summed E-state index contributed by atoms with van der Waals surface area (Å²) in [6.45, 7) is 0.821. The standard InChI is InChI=1S/C11H15N3O/c12-11(13)10(9-6-7-14-15-9)8-4-2-1-3-5-8/h1-5,9-10,14H,6-7H2,(H3,12,13). The zero-order chi connectivity index (χ0) is 10.7. The van der Waals surface area contributed by atoms with Crippen molar-refractivity contribution in [3.05, 3.63) is 35.9 Å². The highest BCUT2D eigenvalue weighted by Gasteiger charge is 2.29. The molecule has 4 heteroatoms. The van der Waals surface area contributed by atoms with Crippen LogP contribution < -0.4 is 11.2 Å². The predicted octanol–water partition coefficient (Wildman–Crippen LogP) is 1.000. The van der Waals surface area contributed by atoms with Crippen molar-refractivity contribution in [1.82, 2.24) is 5.48 Å². The third-order valence-electron chi connectivity index (χ3n) is 2.63. The van der Waals surface area contributed by atoms with E-state index in [0.717, 1.165) is 18.5 Å². The molecule has 0 amide bonds. The normalized spacial score (nSPS) is 22.5. The number of nitrogens with two attached hydrogens (primary N) is 1. The second-order valence-electron chi connectivity index (χ2n) is 3.68. The van der Waals surface area contributed by atoms with E-state index >= 15 is 0 Å². The van der Waals surface area contributed by atoms with E-state index in [9.17, 15) is 0 Å². The molecule has 15 heavy (non-hydrogen) atoms. The molecule has 0 aliphatic carbocycles. The smallest absolute Gasteiger partial charge is 0.101 e. The molecule has 1 saturated heterocycles. The van der Waals surface area contributed by atoms with Crippen LogP contribution in [0.4, 0.5) is 0 Å². The molecule has 0 radical (unpaired) electrons. The van der Waals surface area contributed by atoms with Crippen LogP contribution in [0.2, 0.25) is 0 Å². The molecule has 1 aromatic carbocycles. The summed E-state index contributed by atoms with van der Waals surface area (Å²) in [6, 6.07) is 9.82. The van der Waals surface area contributed by atoms with Crippen LogP contribution in [0.15, 0.2) is 30.3 Å². The van der Waals surface area contributed by atoms with Crippen LogP contribution in [0.3, 0.4) is 0 Å². The summed E-state index contributed by atoms with van der Waals surface area (Å²) in [7, 11) is 0. The molecule has 80 valence electrons. The minimum absolute atomic E-state index is 0.0232. The molecule has 1 heterocycles. The number of benzene rings is 1. The number of hydroxylamine groups is 1. The Balaban J connectivity index is 2.23. The van der Waals surface area contributed by atoms with E-state index in [1.807, 2.05) is 30.3 Å². The van der Waals surface area contributed by atoms with E-state index in [4.69, 9.17) is 16.0 Å². The fraction of sp³-hybridized carbons (Fsp3) is 0.364. The fourth-order valence-corrected chi connectivity index (χ4v) is 1.92. The molecule has 0 spiro atoms. The second kappa shape index (κ2) is 4.42. The molecule has 1 fully saturated rings. The molecule has 0 aromatic heterocycles. The number of amidine groups is 1. The van der Waals surface area contributed by atoms with E-state index < -0.39 is 0 Å². The maximum Gasteiger partial charge on any atom is 0.101 e. The predicted molar refractivity (Wildman–Crippen MR) is 58.6 cm³/mol. The molecule has 2 unspecified atom stereocenters. The third-order valence-corrected chi connectivity index (χ3v) is 2.63. The Morgan fingerprint density at radius 1 is 1.47 bits per heavy atom. The van der Waals surface area contributed by atoms with Crippen LogP contribution in [0.1, 0.15) is 17.9 Å². The first-order valence-electron chi connectivity index (χ1n) is 5.06. The van der Waals surface area contributed by atoms with E-state index in [0.29, 0.717) is 0 Å². The van der Waals surface area contributed by atoms with Crippen molar-refractivity contribution in [3.63, 3.8) is 0 Å². The maximum atomic E-state index is 7.62. The van der Waals surface area contributed by atoms with Crippen LogP contribution in [-0.4, -0.2) is 18.5 Å². The van der Waals surface area contributed by atoms with E-state index in [2.05, 4.69) is 5.48 Å². The maximum absolute atomic E-state index is 7.62. The van der Waals surface area contributed by atoms with Crippen molar-refractivity contribution in [3.8, 4) is 0 Å². The Morgan fingerprint density at radius 2 is 2.20 bits per heavy atom. The van der Waals surface area contributed by atoms with E-state index in [1.165, 1.54) is 0 Å². The molecule has 4 nitrogen and oxygen atoms in total. The summed E-state index contributed by atoms with van der Waals surface area (Å²) in [4.78, 5) is 5.36. The molecule has 1 aliphatic rings. The molecule has 0 bridgehead atoms. The largest absolute Gasteiger partial charge is 0.387 e. The van der Waals surface area contributed by atoms with Gasteiger partial charge in [0.15, 0.2) is 0 Å². The van der Waals surface area contributed by atoms with Crippen molar-refractivity contribution >= 4 is 5.84 Å². The number of hydrogen-bond donors (Lipinski definition) is 3. The first-order valence-corrected chi connectivity index (χ1v) is 5.06. The monoisotopic (exact) mass is 205 g/mol. The zero-order valence-corrected chi connectivity index (χ0v) is 8.44. The van der Waals surface area contributed by atoms with Gasteiger partial charge in [-0.15, -0.1) is 0 Å². The summed E-state index contributed by atoms with van der Waals surface area (Å²) in [5.41, 5.74) is 9.49. The topological polar surface area (TPSA) is 71.1 Å². The lowest BCUT2D eigenvalue weighted by Gasteiger charge is -2.20. The highest BCUT2D eigenvalue weighted by Crippen LogP contribution is 2.25. The van der Waals surface area contributed by atoms with Crippen molar-refractivity contribution in [2.24, 2.45) is 5.73 Å². The highest BCUT2D eigenvalue weighted by atomic mass is 16.7.